The smallest absolute Gasteiger partial charge is 0.351 e. The zero-order chi connectivity index (χ0) is 13.5. The van der Waals surface area contributed by atoms with Gasteiger partial charge in [0.05, 0.1) is 13.7 Å². The summed E-state index contributed by atoms with van der Waals surface area (Å²) in [4.78, 5) is 25.8. The number of esters is 1. The van der Waals surface area contributed by atoms with Gasteiger partial charge in [0.25, 0.3) is 0 Å². The summed E-state index contributed by atoms with van der Waals surface area (Å²) in [5.41, 5.74) is 4.89. The van der Waals surface area contributed by atoms with Gasteiger partial charge in [-0.25, -0.2) is 9.78 Å². The van der Waals surface area contributed by atoms with E-state index in [1.54, 1.807) is 0 Å². The van der Waals surface area contributed by atoms with E-state index in [0.717, 1.165) is 11.3 Å². The Morgan fingerprint density at radius 1 is 1.56 bits per heavy atom. The molecule has 100 valence electrons. The maximum Gasteiger partial charge on any atom is 0.351 e. The summed E-state index contributed by atoms with van der Waals surface area (Å²) in [5.74, 6) is -1.06. The Hall–Kier alpha value is -1.38. The van der Waals surface area contributed by atoms with E-state index in [4.69, 9.17) is 22.1 Å². The summed E-state index contributed by atoms with van der Waals surface area (Å²) in [5, 5.41) is 3.46. The van der Waals surface area contributed by atoms with E-state index in [0.29, 0.717) is 11.7 Å². The van der Waals surface area contributed by atoms with Crippen molar-refractivity contribution in [3.8, 4) is 0 Å². The van der Waals surface area contributed by atoms with Gasteiger partial charge in [-0.1, -0.05) is 22.9 Å². The summed E-state index contributed by atoms with van der Waals surface area (Å²) in [6.45, 7) is 0.569. The zero-order valence-electron chi connectivity index (χ0n) is 9.57. The lowest BCUT2D eigenvalue weighted by Gasteiger charge is -2.02. The van der Waals surface area contributed by atoms with Crippen molar-refractivity contribution in [1.29, 1.82) is 0 Å². The Kier molecular flexibility index (Phi) is 5.83. The molecular formula is C9H12ClN3O4S. The van der Waals surface area contributed by atoms with E-state index in [9.17, 15) is 9.59 Å². The fourth-order valence-corrected chi connectivity index (χ4v) is 2.13. The van der Waals surface area contributed by atoms with Crippen LogP contribution >= 0.6 is 22.9 Å². The first-order valence-corrected chi connectivity index (χ1v) is 6.08. The molecule has 0 aliphatic carbocycles. The van der Waals surface area contributed by atoms with Crippen molar-refractivity contribution < 1.29 is 19.1 Å². The van der Waals surface area contributed by atoms with Crippen LogP contribution in [0.2, 0.25) is 5.15 Å². The molecule has 0 saturated carbocycles. The number of amides is 1. The van der Waals surface area contributed by atoms with Gasteiger partial charge in [-0.3, -0.25) is 4.79 Å². The van der Waals surface area contributed by atoms with Gasteiger partial charge in [0.15, 0.2) is 15.2 Å². The quantitative estimate of drug-likeness (QED) is 0.560. The predicted octanol–water partition coefficient (Wildman–Crippen LogP) is 0.497. The number of carbonyl (C=O) groups is 2. The minimum absolute atomic E-state index is 0.0902. The predicted molar refractivity (Wildman–Crippen MR) is 67.0 cm³/mol. The van der Waals surface area contributed by atoms with Gasteiger partial charge in [0.1, 0.15) is 6.61 Å². The molecule has 0 saturated heterocycles. The Bertz CT molecular complexity index is 437. The van der Waals surface area contributed by atoms with E-state index in [1.165, 1.54) is 7.11 Å². The van der Waals surface area contributed by atoms with Crippen LogP contribution in [0.4, 0.5) is 5.13 Å². The molecule has 0 atom stereocenters. The molecule has 0 spiro atoms. The third-order valence-corrected chi connectivity index (χ3v) is 3.10. The number of aromatic nitrogens is 1. The number of thiazole rings is 1. The van der Waals surface area contributed by atoms with Crippen LogP contribution in [0.1, 0.15) is 9.67 Å². The summed E-state index contributed by atoms with van der Waals surface area (Å²) in [6.07, 6.45) is 0. The number of halogens is 1. The molecule has 1 rings (SSSR count). The largest absolute Gasteiger partial charge is 0.465 e. The number of hydrogen-bond acceptors (Lipinski definition) is 7. The van der Waals surface area contributed by atoms with Crippen molar-refractivity contribution in [2.24, 2.45) is 5.73 Å². The van der Waals surface area contributed by atoms with E-state index in [-0.39, 0.29) is 23.2 Å². The van der Waals surface area contributed by atoms with Gasteiger partial charge >= 0.3 is 5.97 Å². The number of nitrogens with one attached hydrogen (secondary N) is 1. The average Bonchev–Trinajstić information content (AvgIpc) is 2.69. The van der Waals surface area contributed by atoms with Gasteiger partial charge < -0.3 is 20.5 Å². The summed E-state index contributed by atoms with van der Waals surface area (Å²) < 4.78 is 9.48. The molecule has 0 aromatic carbocycles. The monoisotopic (exact) mass is 293 g/mol. The molecule has 0 unspecified atom stereocenters. The lowest BCUT2D eigenvalue weighted by Crippen LogP contribution is -2.20. The molecule has 0 aliphatic heterocycles. The van der Waals surface area contributed by atoms with Crippen LogP contribution in [0.25, 0.3) is 0 Å². The van der Waals surface area contributed by atoms with Crippen LogP contribution in [-0.4, -0.2) is 43.7 Å². The van der Waals surface area contributed by atoms with Crippen molar-refractivity contribution in [2.75, 3.05) is 32.2 Å². The molecule has 7 nitrogen and oxygen atoms in total. The summed E-state index contributed by atoms with van der Waals surface area (Å²) in [7, 11) is 1.27. The molecule has 1 heterocycles. The maximum atomic E-state index is 11.3. The van der Waals surface area contributed by atoms with E-state index >= 15 is 0 Å². The molecule has 1 amide bonds. The first kappa shape index (κ1) is 14.7. The van der Waals surface area contributed by atoms with Crippen LogP contribution in [0.15, 0.2) is 0 Å². The second kappa shape index (κ2) is 7.14. The van der Waals surface area contributed by atoms with Gasteiger partial charge in [-0.15, -0.1) is 0 Å². The van der Waals surface area contributed by atoms with Crippen LogP contribution in [0, 0.1) is 0 Å². The number of carbonyl (C=O) groups excluding carboxylic acids is 2. The van der Waals surface area contributed by atoms with Crippen molar-refractivity contribution in [3.63, 3.8) is 0 Å². The minimum atomic E-state index is -0.532. The van der Waals surface area contributed by atoms with E-state index in [1.807, 2.05) is 0 Å². The number of nitrogens with zero attached hydrogens (tertiary/aromatic N) is 1. The maximum absolute atomic E-state index is 11.3. The second-order valence-electron chi connectivity index (χ2n) is 3.08. The SMILES string of the molecule is COC(=O)c1sc(NCCOCC(N)=O)nc1Cl. The van der Waals surface area contributed by atoms with Gasteiger partial charge in [0, 0.05) is 6.54 Å². The molecule has 1 aromatic heterocycles. The van der Waals surface area contributed by atoms with Crippen LogP contribution in [-0.2, 0) is 14.3 Å². The van der Waals surface area contributed by atoms with E-state index in [2.05, 4.69) is 15.0 Å². The molecular weight excluding hydrogens is 282 g/mol. The number of nitrogens with two attached hydrogens (primary N) is 1. The molecule has 0 aliphatic rings. The van der Waals surface area contributed by atoms with Crippen LogP contribution in [0.3, 0.4) is 0 Å². The normalized spacial score (nSPS) is 10.1. The number of methoxy groups -OCH3 is 1. The summed E-state index contributed by atoms with van der Waals surface area (Å²) in [6, 6.07) is 0. The molecule has 18 heavy (non-hydrogen) atoms. The molecule has 0 fully saturated rings. The number of primary amides is 1. The first-order valence-electron chi connectivity index (χ1n) is 4.89. The zero-order valence-corrected chi connectivity index (χ0v) is 11.1. The van der Waals surface area contributed by atoms with Gasteiger partial charge in [0.2, 0.25) is 5.91 Å². The molecule has 0 radical (unpaired) electrons. The lowest BCUT2D eigenvalue weighted by molar-refractivity contribution is -0.122. The van der Waals surface area contributed by atoms with Crippen molar-refractivity contribution in [1.82, 2.24) is 4.98 Å². The van der Waals surface area contributed by atoms with Crippen LogP contribution in [0.5, 0.6) is 0 Å². The Morgan fingerprint density at radius 3 is 2.89 bits per heavy atom. The van der Waals surface area contributed by atoms with Gasteiger partial charge in [-0.2, -0.15) is 0 Å². The third kappa shape index (κ3) is 4.47. The van der Waals surface area contributed by atoms with Crippen LogP contribution < -0.4 is 11.1 Å². The standard InChI is InChI=1S/C9H12ClN3O4S/c1-16-8(15)6-7(10)13-9(18-6)12-2-3-17-4-5(11)14/h2-4H2,1H3,(H2,11,14)(H,12,13). The Labute approximate surface area is 112 Å². The molecule has 9 heteroatoms. The fraction of sp³-hybridized carbons (Fsp3) is 0.444. The fourth-order valence-electron chi connectivity index (χ4n) is 0.999. The van der Waals surface area contributed by atoms with Gasteiger partial charge in [-0.05, 0) is 0 Å². The molecule has 3 N–H and O–H groups in total. The highest BCUT2D eigenvalue weighted by atomic mass is 35.5. The topological polar surface area (TPSA) is 104 Å². The number of anilines is 1. The number of ether oxygens (including phenoxy) is 2. The first-order chi connectivity index (χ1) is 8.54. The molecule has 1 aromatic rings. The highest BCUT2D eigenvalue weighted by Crippen LogP contribution is 2.27. The number of rotatable bonds is 7. The highest BCUT2D eigenvalue weighted by molar-refractivity contribution is 7.18. The van der Waals surface area contributed by atoms with E-state index < -0.39 is 11.9 Å². The van der Waals surface area contributed by atoms with Crippen molar-refractivity contribution in [3.05, 3.63) is 10.0 Å². The van der Waals surface area contributed by atoms with Crippen molar-refractivity contribution in [2.45, 2.75) is 0 Å². The lowest BCUT2D eigenvalue weighted by atomic mass is 10.6. The number of hydrogen-bond donors (Lipinski definition) is 2. The third-order valence-electron chi connectivity index (χ3n) is 1.72. The average molecular weight is 294 g/mol. The second-order valence-corrected chi connectivity index (χ2v) is 4.43. The Balaban J connectivity index is 2.39. The highest BCUT2D eigenvalue weighted by Gasteiger charge is 2.16. The summed E-state index contributed by atoms with van der Waals surface area (Å²) >= 11 is 6.85. The Morgan fingerprint density at radius 2 is 2.28 bits per heavy atom. The molecule has 0 bridgehead atoms. The minimum Gasteiger partial charge on any atom is -0.465 e. The van der Waals surface area contributed by atoms with Crippen molar-refractivity contribution >= 4 is 39.9 Å².